The fourth-order valence-electron chi connectivity index (χ4n) is 4.15. The monoisotopic (exact) mass is 705 g/mol. The predicted octanol–water partition coefficient (Wildman–Crippen LogP) is 1.92. The van der Waals surface area contributed by atoms with E-state index in [0.717, 1.165) is 85.3 Å². The highest BCUT2D eigenvalue weighted by Crippen LogP contribution is 2.15. The van der Waals surface area contributed by atoms with Crippen LogP contribution < -0.4 is 21.4 Å². The van der Waals surface area contributed by atoms with Crippen LogP contribution in [0, 0.1) is 0 Å². The van der Waals surface area contributed by atoms with Gasteiger partial charge in [-0.05, 0) is 84.6 Å². The second-order valence-corrected chi connectivity index (χ2v) is 10.7. The fraction of sp³-hybridized carbons (Fsp3) is 0.194. The summed E-state index contributed by atoms with van der Waals surface area (Å²) in [7, 11) is 2.09. The summed E-state index contributed by atoms with van der Waals surface area (Å²) in [5.41, 5.74) is 6.68. The molecule has 0 aliphatic carbocycles. The predicted molar refractivity (Wildman–Crippen MR) is 192 cm³/mol. The number of aromatic nitrogens is 4. The van der Waals surface area contributed by atoms with E-state index in [1.165, 1.54) is 11.1 Å². The molecule has 8 bridgehead atoms. The van der Waals surface area contributed by atoms with Gasteiger partial charge in [-0.25, -0.2) is 0 Å². The molecule has 0 fully saturated rings. The Morgan fingerprint density at radius 1 is 0.549 bits per heavy atom. The number of rotatable bonds is 1. The number of allylic oxidation sites excluding steroid dienone is 2. The Bertz CT molecular complexity index is 2020. The van der Waals surface area contributed by atoms with E-state index in [-0.39, 0.29) is 0 Å². The second-order valence-electron chi connectivity index (χ2n) is 10.7. The van der Waals surface area contributed by atoms with Crippen molar-refractivity contribution in [3.63, 3.8) is 0 Å². The van der Waals surface area contributed by atoms with Crippen molar-refractivity contribution in [2.75, 3.05) is 13.6 Å². The highest BCUT2D eigenvalue weighted by molar-refractivity contribution is 5.76. The summed E-state index contributed by atoms with van der Waals surface area (Å²) in [6.07, 6.45) is 15.1. The lowest BCUT2D eigenvalue weighted by atomic mass is 10.1. The summed E-state index contributed by atoms with van der Waals surface area (Å²) in [6, 6.07) is 14.8. The molecular weight excluding hydrogens is 662 g/mol. The molecule has 0 aromatic carbocycles. The maximum Gasteiger partial charge on any atom is 0.300 e. The Hall–Kier alpha value is -6.77. The molecule has 0 radical (unpaired) electrons. The summed E-state index contributed by atoms with van der Waals surface area (Å²) in [4.78, 5) is 61.2. The number of carboxylic acid groups (broad SMARTS) is 5. The van der Waals surface area contributed by atoms with Gasteiger partial charge in [0.05, 0.1) is 0 Å². The zero-order valence-electron chi connectivity index (χ0n) is 29.0. The van der Waals surface area contributed by atoms with E-state index >= 15 is 0 Å². The molecule has 6 rings (SSSR count). The molecule has 15 heteroatoms. The van der Waals surface area contributed by atoms with Gasteiger partial charge in [-0.3, -0.25) is 24.0 Å². The molecule has 9 N–H and O–H groups in total. The molecule has 4 aromatic heterocycles. The average Bonchev–Trinajstić information content (AvgIpc) is 3.78. The van der Waals surface area contributed by atoms with Crippen molar-refractivity contribution in [1.82, 2.24) is 24.8 Å². The molecule has 0 saturated carbocycles. The van der Waals surface area contributed by atoms with Gasteiger partial charge >= 0.3 is 0 Å². The van der Waals surface area contributed by atoms with E-state index in [4.69, 9.17) is 49.5 Å². The molecule has 4 aromatic rings. The van der Waals surface area contributed by atoms with Crippen LogP contribution >= 0.6 is 0 Å². The smallest absolute Gasteiger partial charge is 0.300 e. The van der Waals surface area contributed by atoms with E-state index in [9.17, 15) is 0 Å². The minimum Gasteiger partial charge on any atom is -0.481 e. The van der Waals surface area contributed by atoms with Crippen LogP contribution in [0.4, 0.5) is 0 Å². The third-order valence-electron chi connectivity index (χ3n) is 5.71. The molecular formula is C36H43N5O10. The van der Waals surface area contributed by atoms with Crippen molar-refractivity contribution in [3.8, 4) is 0 Å². The highest BCUT2D eigenvalue weighted by atomic mass is 16.4. The van der Waals surface area contributed by atoms with E-state index in [0.29, 0.717) is 0 Å². The molecule has 6 heterocycles. The van der Waals surface area contributed by atoms with Gasteiger partial charge in [0.15, 0.2) is 0 Å². The molecule has 0 amide bonds. The van der Waals surface area contributed by atoms with Crippen molar-refractivity contribution in [1.29, 1.82) is 0 Å². The first kappa shape index (κ1) is 42.3. The molecule has 2 aliphatic rings. The quantitative estimate of drug-likeness (QED) is 0.122. The van der Waals surface area contributed by atoms with Crippen molar-refractivity contribution in [3.05, 3.63) is 111 Å². The second kappa shape index (κ2) is 21.3. The molecule has 2 aliphatic heterocycles. The minimum absolute atomic E-state index is 0.833. The zero-order valence-corrected chi connectivity index (χ0v) is 29.0. The van der Waals surface area contributed by atoms with Gasteiger partial charge in [0, 0.05) is 97.9 Å². The summed E-state index contributed by atoms with van der Waals surface area (Å²) in [5, 5.41) is 41.4. The van der Waals surface area contributed by atoms with E-state index in [1.807, 2.05) is 0 Å². The Labute approximate surface area is 292 Å². The van der Waals surface area contributed by atoms with Crippen LogP contribution in [0.25, 0.3) is 29.9 Å². The van der Waals surface area contributed by atoms with Gasteiger partial charge in [0.25, 0.3) is 29.8 Å². The normalized spacial score (nSPS) is 11.5. The van der Waals surface area contributed by atoms with Crippen molar-refractivity contribution < 1.29 is 49.5 Å². The molecule has 0 atom stereocenters. The number of aromatic amines is 4. The topological polar surface area (TPSA) is 253 Å². The molecule has 272 valence electrons. The standard InChI is InChI=1S/C26H23N5.5C2H4O2/c1-31-10-8-17(9-11-31)25-15-24-14-22-5-4-20(28-22)12-18-2-3-19(27-18)13-21-6-7-23(29-21)16-26(25)30-24;5*1-2(3)4/h2-10,12-16,27-30H,11H2,1H3;5*1H3,(H,3,4). The average molecular weight is 706 g/mol. The number of likely N-dealkylation sites (N-methyl/N-ethyl adjacent to an activating group) is 1. The maximum atomic E-state index is 9.00. The van der Waals surface area contributed by atoms with E-state index in [2.05, 4.69) is 117 Å². The third-order valence-corrected chi connectivity index (χ3v) is 5.71. The van der Waals surface area contributed by atoms with Gasteiger partial charge in [-0.15, -0.1) is 0 Å². The van der Waals surface area contributed by atoms with Gasteiger partial charge in [0.1, 0.15) is 0 Å². The number of hydrogen-bond acceptors (Lipinski definition) is 6. The summed E-state index contributed by atoms with van der Waals surface area (Å²) >= 11 is 0. The zero-order chi connectivity index (χ0) is 38.7. The Kier molecular flexibility index (Phi) is 17.6. The number of carboxylic acids is 5. The Morgan fingerprint density at radius 2 is 0.922 bits per heavy atom. The van der Waals surface area contributed by atoms with E-state index < -0.39 is 29.8 Å². The molecule has 0 spiro atoms. The summed E-state index contributed by atoms with van der Waals surface area (Å²) in [5.74, 6) is -4.17. The fourth-order valence-corrected chi connectivity index (χ4v) is 4.15. The highest BCUT2D eigenvalue weighted by Gasteiger charge is 2.08. The van der Waals surface area contributed by atoms with Crippen LogP contribution in [-0.4, -0.2) is 93.8 Å². The van der Waals surface area contributed by atoms with Gasteiger partial charge < -0.3 is 50.4 Å². The lowest BCUT2D eigenvalue weighted by Gasteiger charge is -2.16. The number of H-pyrrole nitrogens is 4. The van der Waals surface area contributed by atoms with Crippen LogP contribution in [0.5, 0.6) is 0 Å². The van der Waals surface area contributed by atoms with Crippen LogP contribution in [-0.2, 0) is 24.0 Å². The SMILES string of the molecule is CC(=O)O.CC(=O)O.CC(=O)O.CC(=O)O.CC(=O)O.CN1C=CC(c2cc3[nH]c2=Cc2ccc([nH]2)C=c2ccc([nH]2)=Cc2ccc([nH]2)C=3)=CC1. The first-order valence-electron chi connectivity index (χ1n) is 15.1. The maximum absolute atomic E-state index is 9.00. The number of fused-ring (bicyclic) bond motifs is 8. The largest absolute Gasteiger partial charge is 0.481 e. The molecule has 0 saturated heterocycles. The number of carbonyl (C=O) groups is 5. The van der Waals surface area contributed by atoms with Crippen molar-refractivity contribution in [2.24, 2.45) is 0 Å². The van der Waals surface area contributed by atoms with Crippen LogP contribution in [0.3, 0.4) is 0 Å². The Balaban J connectivity index is 0.000000540. The van der Waals surface area contributed by atoms with Crippen molar-refractivity contribution >= 4 is 59.7 Å². The summed E-state index contributed by atoms with van der Waals surface area (Å²) in [6.45, 7) is 6.32. The first-order valence-corrected chi connectivity index (χ1v) is 15.1. The van der Waals surface area contributed by atoms with Crippen molar-refractivity contribution in [2.45, 2.75) is 34.6 Å². The number of nitrogens with one attached hydrogen (secondary N) is 4. The molecule has 0 unspecified atom stereocenters. The number of hydrogen-bond donors (Lipinski definition) is 9. The van der Waals surface area contributed by atoms with Gasteiger partial charge in [-0.2, -0.15) is 0 Å². The van der Waals surface area contributed by atoms with Crippen LogP contribution in [0.1, 0.15) is 63.0 Å². The first-order chi connectivity index (χ1) is 23.8. The third kappa shape index (κ3) is 19.0. The Morgan fingerprint density at radius 3 is 1.29 bits per heavy atom. The lowest BCUT2D eigenvalue weighted by molar-refractivity contribution is -0.135. The van der Waals surface area contributed by atoms with Crippen LogP contribution in [0.15, 0.2) is 60.8 Å². The van der Waals surface area contributed by atoms with Gasteiger partial charge in [-0.1, -0.05) is 6.08 Å². The number of aliphatic carboxylic acids is 5. The van der Waals surface area contributed by atoms with Gasteiger partial charge in [0.2, 0.25) is 0 Å². The van der Waals surface area contributed by atoms with Crippen LogP contribution in [0.2, 0.25) is 0 Å². The molecule has 15 nitrogen and oxygen atoms in total. The lowest BCUT2D eigenvalue weighted by Crippen LogP contribution is -2.16. The van der Waals surface area contributed by atoms with E-state index in [1.54, 1.807) is 0 Å². The summed E-state index contributed by atoms with van der Waals surface area (Å²) < 4.78 is 0. The minimum atomic E-state index is -0.833. The number of nitrogens with zero attached hydrogens (tertiary/aromatic N) is 1. The molecule has 51 heavy (non-hydrogen) atoms.